The maximum atomic E-state index is 12.4. The fourth-order valence-electron chi connectivity index (χ4n) is 2.77. The highest BCUT2D eigenvalue weighted by atomic mass is 32.2. The van der Waals surface area contributed by atoms with Crippen molar-refractivity contribution in [2.75, 3.05) is 49.0 Å². The molecule has 0 radical (unpaired) electrons. The zero-order valence-corrected chi connectivity index (χ0v) is 12.8. The third-order valence-electron chi connectivity index (χ3n) is 3.90. The van der Waals surface area contributed by atoms with Crippen LogP contribution in [0.3, 0.4) is 0 Å². The van der Waals surface area contributed by atoms with Crippen LogP contribution in [0.1, 0.15) is 12.8 Å². The molecule has 0 saturated carbocycles. The van der Waals surface area contributed by atoms with Crippen molar-refractivity contribution in [3.05, 3.63) is 24.3 Å². The van der Waals surface area contributed by atoms with Crippen LogP contribution in [0.2, 0.25) is 0 Å². The van der Waals surface area contributed by atoms with Gasteiger partial charge in [0.05, 0.1) is 24.6 Å². The van der Waals surface area contributed by atoms with E-state index in [-0.39, 0.29) is 0 Å². The number of nitrogens with zero attached hydrogens (tertiary/aromatic N) is 2. The smallest absolute Gasteiger partial charge is 0.301 e. The minimum atomic E-state index is -3.45. The maximum absolute atomic E-state index is 12.4. The van der Waals surface area contributed by atoms with Gasteiger partial charge in [0, 0.05) is 26.2 Å². The van der Waals surface area contributed by atoms with E-state index in [0.717, 1.165) is 31.6 Å². The van der Waals surface area contributed by atoms with Crippen molar-refractivity contribution in [2.45, 2.75) is 12.8 Å². The average molecular weight is 311 g/mol. The van der Waals surface area contributed by atoms with E-state index in [4.69, 9.17) is 4.74 Å². The number of anilines is 2. The fourth-order valence-corrected chi connectivity index (χ4v) is 4.09. The van der Waals surface area contributed by atoms with E-state index >= 15 is 0 Å². The van der Waals surface area contributed by atoms with Crippen molar-refractivity contribution in [2.24, 2.45) is 0 Å². The van der Waals surface area contributed by atoms with Crippen molar-refractivity contribution in [3.8, 4) is 0 Å². The quantitative estimate of drug-likeness (QED) is 0.910. The molecular formula is C14H21N3O3S. The molecule has 6 nitrogen and oxygen atoms in total. The number of hydrogen-bond donors (Lipinski definition) is 1. The highest BCUT2D eigenvalue weighted by Gasteiger charge is 2.26. The van der Waals surface area contributed by atoms with Crippen LogP contribution in [0.15, 0.2) is 24.3 Å². The van der Waals surface area contributed by atoms with Gasteiger partial charge in [-0.25, -0.2) is 0 Å². The Morgan fingerprint density at radius 2 is 1.67 bits per heavy atom. The van der Waals surface area contributed by atoms with Gasteiger partial charge in [0.1, 0.15) is 0 Å². The summed E-state index contributed by atoms with van der Waals surface area (Å²) in [5.41, 5.74) is 1.56. The van der Waals surface area contributed by atoms with Crippen LogP contribution in [-0.2, 0) is 14.9 Å². The van der Waals surface area contributed by atoms with Gasteiger partial charge in [0.2, 0.25) is 0 Å². The molecule has 1 aromatic carbocycles. The minimum absolute atomic E-state index is 0.606. The molecule has 0 bridgehead atoms. The molecular weight excluding hydrogens is 290 g/mol. The molecule has 0 atom stereocenters. The van der Waals surface area contributed by atoms with Crippen molar-refractivity contribution in [3.63, 3.8) is 0 Å². The molecule has 7 heteroatoms. The Morgan fingerprint density at radius 1 is 1.00 bits per heavy atom. The van der Waals surface area contributed by atoms with Crippen LogP contribution in [-0.4, -0.2) is 52.1 Å². The van der Waals surface area contributed by atoms with Gasteiger partial charge in [-0.2, -0.15) is 12.7 Å². The highest BCUT2D eigenvalue weighted by Crippen LogP contribution is 2.28. The predicted octanol–water partition coefficient (Wildman–Crippen LogP) is 1.28. The second-order valence-corrected chi connectivity index (χ2v) is 7.00. The lowest BCUT2D eigenvalue weighted by atomic mass is 10.2. The summed E-state index contributed by atoms with van der Waals surface area (Å²) in [6.07, 6.45) is 1.87. The first kappa shape index (κ1) is 14.6. The Hall–Kier alpha value is -1.31. The van der Waals surface area contributed by atoms with Gasteiger partial charge in [-0.05, 0) is 25.0 Å². The Kier molecular flexibility index (Phi) is 4.32. The van der Waals surface area contributed by atoms with Crippen molar-refractivity contribution < 1.29 is 13.2 Å². The number of benzene rings is 1. The molecule has 0 spiro atoms. The molecule has 0 aliphatic carbocycles. The molecule has 1 N–H and O–H groups in total. The molecule has 21 heavy (non-hydrogen) atoms. The van der Waals surface area contributed by atoms with E-state index in [1.54, 1.807) is 0 Å². The third-order valence-corrected chi connectivity index (χ3v) is 5.42. The SMILES string of the molecule is O=S(=O)(Nc1ccccc1N1CCOCC1)N1CCCC1. The second-order valence-electron chi connectivity index (χ2n) is 5.33. The Morgan fingerprint density at radius 3 is 2.38 bits per heavy atom. The molecule has 0 aromatic heterocycles. The summed E-state index contributed by atoms with van der Waals surface area (Å²) < 4.78 is 34.4. The second kappa shape index (κ2) is 6.21. The lowest BCUT2D eigenvalue weighted by Gasteiger charge is -2.31. The number of ether oxygens (including phenoxy) is 1. The fraction of sp³-hybridized carbons (Fsp3) is 0.571. The molecule has 116 valence electrons. The largest absolute Gasteiger partial charge is 0.378 e. The lowest BCUT2D eigenvalue weighted by molar-refractivity contribution is 0.123. The summed E-state index contributed by atoms with van der Waals surface area (Å²) in [5.74, 6) is 0. The van der Waals surface area contributed by atoms with Gasteiger partial charge in [0.15, 0.2) is 0 Å². The third kappa shape index (κ3) is 3.30. The molecule has 1 aromatic rings. The molecule has 0 amide bonds. The number of hydrogen-bond acceptors (Lipinski definition) is 4. The van der Waals surface area contributed by atoms with Gasteiger partial charge in [-0.15, -0.1) is 0 Å². The Labute approximate surface area is 125 Å². The molecule has 3 rings (SSSR count). The van der Waals surface area contributed by atoms with Crippen molar-refractivity contribution >= 4 is 21.6 Å². The van der Waals surface area contributed by atoms with Crippen molar-refractivity contribution in [1.29, 1.82) is 0 Å². The monoisotopic (exact) mass is 311 g/mol. The van der Waals surface area contributed by atoms with Crippen LogP contribution in [0.25, 0.3) is 0 Å². The standard InChI is InChI=1S/C14H21N3O3S/c18-21(19,17-7-3-4-8-17)15-13-5-1-2-6-14(13)16-9-11-20-12-10-16/h1-2,5-6,15H,3-4,7-12H2. The van der Waals surface area contributed by atoms with Crippen LogP contribution >= 0.6 is 0 Å². The normalized spacial score (nSPS) is 20.7. The van der Waals surface area contributed by atoms with E-state index in [2.05, 4.69) is 9.62 Å². The first-order chi connectivity index (χ1) is 10.2. The van der Waals surface area contributed by atoms with Crippen molar-refractivity contribution in [1.82, 2.24) is 4.31 Å². The molecule has 2 aliphatic heterocycles. The van der Waals surface area contributed by atoms with Gasteiger partial charge in [-0.1, -0.05) is 12.1 Å². The summed E-state index contributed by atoms with van der Waals surface area (Å²) in [4.78, 5) is 2.16. The van der Waals surface area contributed by atoms with Gasteiger partial charge < -0.3 is 9.64 Å². The van der Waals surface area contributed by atoms with E-state index in [1.165, 1.54) is 4.31 Å². The van der Waals surface area contributed by atoms with Crippen LogP contribution in [0, 0.1) is 0 Å². The zero-order chi connectivity index (χ0) is 14.7. The van der Waals surface area contributed by atoms with Gasteiger partial charge in [0.25, 0.3) is 0 Å². The number of nitrogens with one attached hydrogen (secondary N) is 1. The number of para-hydroxylation sites is 2. The lowest BCUT2D eigenvalue weighted by Crippen LogP contribution is -2.38. The average Bonchev–Trinajstić information content (AvgIpc) is 3.03. The van der Waals surface area contributed by atoms with E-state index in [9.17, 15) is 8.42 Å². The predicted molar refractivity (Wildman–Crippen MR) is 82.8 cm³/mol. The Bertz CT molecular complexity index is 579. The highest BCUT2D eigenvalue weighted by molar-refractivity contribution is 7.90. The van der Waals surface area contributed by atoms with Gasteiger partial charge >= 0.3 is 10.2 Å². The number of morpholine rings is 1. The minimum Gasteiger partial charge on any atom is -0.378 e. The summed E-state index contributed by atoms with van der Waals surface area (Å²) in [6.45, 7) is 4.12. The van der Waals surface area contributed by atoms with Gasteiger partial charge in [-0.3, -0.25) is 4.72 Å². The first-order valence-electron chi connectivity index (χ1n) is 7.36. The topological polar surface area (TPSA) is 61.9 Å². The molecule has 2 aliphatic rings. The molecule has 2 fully saturated rings. The van der Waals surface area contributed by atoms with E-state index < -0.39 is 10.2 Å². The number of rotatable bonds is 4. The van der Waals surface area contributed by atoms with Crippen LogP contribution in [0.4, 0.5) is 11.4 Å². The van der Waals surface area contributed by atoms with E-state index in [1.807, 2.05) is 24.3 Å². The maximum Gasteiger partial charge on any atom is 0.301 e. The van der Waals surface area contributed by atoms with Crippen LogP contribution in [0.5, 0.6) is 0 Å². The molecule has 2 heterocycles. The first-order valence-corrected chi connectivity index (χ1v) is 8.80. The molecule has 0 unspecified atom stereocenters. The van der Waals surface area contributed by atoms with E-state index in [0.29, 0.717) is 32.0 Å². The Balaban J connectivity index is 1.81. The summed E-state index contributed by atoms with van der Waals surface area (Å²) >= 11 is 0. The molecule has 2 saturated heterocycles. The zero-order valence-electron chi connectivity index (χ0n) is 12.0. The summed E-state index contributed by atoms with van der Waals surface area (Å²) in [7, 11) is -3.45. The van der Waals surface area contributed by atoms with Crippen LogP contribution < -0.4 is 9.62 Å². The summed E-state index contributed by atoms with van der Waals surface area (Å²) in [5, 5.41) is 0. The summed E-state index contributed by atoms with van der Waals surface area (Å²) in [6, 6.07) is 7.55.